The van der Waals surface area contributed by atoms with Gasteiger partial charge in [0.05, 0.1) is 0 Å². The minimum Gasteiger partial charge on any atom is -0.326 e. The Morgan fingerprint density at radius 3 is 2.39 bits per heavy atom. The maximum atomic E-state index is 12.3. The summed E-state index contributed by atoms with van der Waals surface area (Å²) in [6, 6.07) is 13.3. The number of hydrogen-bond donors (Lipinski definition) is 1. The van der Waals surface area contributed by atoms with Gasteiger partial charge in [-0.25, -0.2) is 0 Å². The van der Waals surface area contributed by atoms with E-state index in [2.05, 4.69) is 0 Å². The molecular formula is C16H17NO. The van der Waals surface area contributed by atoms with Gasteiger partial charge in [0.1, 0.15) is 0 Å². The number of rotatable bonds is 3. The lowest BCUT2D eigenvalue weighted by Crippen LogP contribution is -2.04. The van der Waals surface area contributed by atoms with E-state index in [0.29, 0.717) is 12.1 Å². The molecule has 2 aromatic rings. The summed E-state index contributed by atoms with van der Waals surface area (Å²) < 4.78 is 0. The standard InChI is InChI=1S/C16H17NO/c1-11-6-7-15(8-12(11)2)16(18)14-5-3-4-13(9-14)10-17/h3-9H,10,17H2,1-2H3. The van der Waals surface area contributed by atoms with E-state index in [-0.39, 0.29) is 5.78 Å². The third kappa shape index (κ3) is 2.49. The number of nitrogens with two attached hydrogens (primary N) is 1. The molecule has 2 aromatic carbocycles. The third-order valence-corrected chi connectivity index (χ3v) is 3.19. The second-order valence-corrected chi connectivity index (χ2v) is 4.53. The highest BCUT2D eigenvalue weighted by molar-refractivity contribution is 6.09. The number of aryl methyl sites for hydroxylation is 2. The molecule has 0 amide bonds. The summed E-state index contributed by atoms with van der Waals surface area (Å²) in [6.45, 7) is 4.51. The monoisotopic (exact) mass is 239 g/mol. The highest BCUT2D eigenvalue weighted by Crippen LogP contribution is 2.15. The van der Waals surface area contributed by atoms with Crippen molar-refractivity contribution in [3.05, 3.63) is 70.3 Å². The molecule has 2 rings (SSSR count). The number of ketones is 1. The molecular weight excluding hydrogens is 222 g/mol. The molecule has 0 bridgehead atoms. The SMILES string of the molecule is Cc1ccc(C(=O)c2cccc(CN)c2)cc1C. The van der Waals surface area contributed by atoms with Gasteiger partial charge in [0.25, 0.3) is 0 Å². The highest BCUT2D eigenvalue weighted by atomic mass is 16.1. The maximum absolute atomic E-state index is 12.3. The van der Waals surface area contributed by atoms with Gasteiger partial charge in [-0.3, -0.25) is 4.79 Å². The van der Waals surface area contributed by atoms with Crippen LogP contribution in [0.4, 0.5) is 0 Å². The van der Waals surface area contributed by atoms with Crippen LogP contribution in [0.5, 0.6) is 0 Å². The number of hydrogen-bond acceptors (Lipinski definition) is 2. The van der Waals surface area contributed by atoms with Crippen molar-refractivity contribution in [3.63, 3.8) is 0 Å². The van der Waals surface area contributed by atoms with E-state index in [1.165, 1.54) is 5.56 Å². The third-order valence-electron chi connectivity index (χ3n) is 3.19. The molecule has 0 aliphatic heterocycles. The van der Waals surface area contributed by atoms with Gasteiger partial charge in [0.15, 0.2) is 5.78 Å². The van der Waals surface area contributed by atoms with E-state index in [1.54, 1.807) is 0 Å². The Morgan fingerprint density at radius 2 is 1.72 bits per heavy atom. The molecule has 0 radical (unpaired) electrons. The van der Waals surface area contributed by atoms with Gasteiger partial charge in [-0.2, -0.15) is 0 Å². The van der Waals surface area contributed by atoms with Crippen molar-refractivity contribution in [2.24, 2.45) is 5.73 Å². The predicted molar refractivity (Wildman–Crippen MR) is 73.7 cm³/mol. The summed E-state index contributed by atoms with van der Waals surface area (Å²) in [7, 11) is 0. The minimum atomic E-state index is 0.0494. The number of carbonyl (C=O) groups is 1. The van der Waals surface area contributed by atoms with Crippen LogP contribution in [0.15, 0.2) is 42.5 Å². The normalized spacial score (nSPS) is 10.4. The van der Waals surface area contributed by atoms with Crippen LogP contribution in [0, 0.1) is 13.8 Å². The van der Waals surface area contributed by atoms with Crippen molar-refractivity contribution in [2.45, 2.75) is 20.4 Å². The van der Waals surface area contributed by atoms with Crippen LogP contribution in [0.2, 0.25) is 0 Å². The molecule has 0 saturated heterocycles. The molecule has 0 atom stereocenters. The molecule has 2 heteroatoms. The number of benzene rings is 2. The van der Waals surface area contributed by atoms with Gasteiger partial charge in [-0.1, -0.05) is 30.3 Å². The largest absolute Gasteiger partial charge is 0.326 e. The summed E-state index contributed by atoms with van der Waals surface area (Å²) >= 11 is 0. The van der Waals surface area contributed by atoms with Gasteiger partial charge >= 0.3 is 0 Å². The average Bonchev–Trinajstić information content (AvgIpc) is 2.41. The summed E-state index contributed by atoms with van der Waals surface area (Å²) in [5.74, 6) is 0.0494. The van der Waals surface area contributed by atoms with Gasteiger partial charge in [-0.05, 0) is 42.7 Å². The molecule has 2 N–H and O–H groups in total. The summed E-state index contributed by atoms with van der Waals surface area (Å²) in [5, 5.41) is 0. The molecule has 92 valence electrons. The molecule has 0 unspecified atom stereocenters. The molecule has 0 aromatic heterocycles. The smallest absolute Gasteiger partial charge is 0.193 e. The Labute approximate surface area is 107 Å². The Morgan fingerprint density at radius 1 is 1.00 bits per heavy atom. The van der Waals surface area contributed by atoms with Crippen molar-refractivity contribution in [1.82, 2.24) is 0 Å². The van der Waals surface area contributed by atoms with E-state index >= 15 is 0 Å². The zero-order chi connectivity index (χ0) is 13.1. The maximum Gasteiger partial charge on any atom is 0.193 e. The molecule has 0 fully saturated rings. The predicted octanol–water partition coefficient (Wildman–Crippen LogP) is 2.99. The lowest BCUT2D eigenvalue weighted by molar-refractivity contribution is 0.103. The van der Waals surface area contributed by atoms with E-state index < -0.39 is 0 Å². The first-order chi connectivity index (χ1) is 8.61. The van der Waals surface area contributed by atoms with Crippen LogP contribution < -0.4 is 5.73 Å². The minimum absolute atomic E-state index is 0.0494. The van der Waals surface area contributed by atoms with Crippen molar-refractivity contribution in [1.29, 1.82) is 0 Å². The lowest BCUT2D eigenvalue weighted by atomic mass is 9.98. The molecule has 0 aliphatic rings. The summed E-state index contributed by atoms with van der Waals surface area (Å²) in [4.78, 5) is 12.3. The van der Waals surface area contributed by atoms with Crippen molar-refractivity contribution in [2.75, 3.05) is 0 Å². The van der Waals surface area contributed by atoms with Crippen molar-refractivity contribution < 1.29 is 4.79 Å². The van der Waals surface area contributed by atoms with Crippen LogP contribution in [0.3, 0.4) is 0 Å². The molecule has 0 heterocycles. The fourth-order valence-corrected chi connectivity index (χ4v) is 1.89. The fraction of sp³-hybridized carbons (Fsp3) is 0.188. The second kappa shape index (κ2) is 5.15. The highest BCUT2D eigenvalue weighted by Gasteiger charge is 2.09. The van der Waals surface area contributed by atoms with Gasteiger partial charge in [0.2, 0.25) is 0 Å². The zero-order valence-corrected chi connectivity index (χ0v) is 10.7. The Hall–Kier alpha value is -1.93. The first-order valence-corrected chi connectivity index (χ1v) is 6.03. The van der Waals surface area contributed by atoms with Gasteiger partial charge in [0, 0.05) is 17.7 Å². The molecule has 18 heavy (non-hydrogen) atoms. The molecule has 0 spiro atoms. The zero-order valence-electron chi connectivity index (χ0n) is 10.7. The Bertz CT molecular complexity index is 587. The van der Waals surface area contributed by atoms with Gasteiger partial charge in [-0.15, -0.1) is 0 Å². The molecule has 2 nitrogen and oxygen atoms in total. The summed E-state index contributed by atoms with van der Waals surface area (Å²) in [6.07, 6.45) is 0. The first kappa shape index (κ1) is 12.5. The van der Waals surface area contributed by atoms with Crippen LogP contribution in [-0.4, -0.2) is 5.78 Å². The van der Waals surface area contributed by atoms with Crippen LogP contribution in [-0.2, 0) is 6.54 Å². The van der Waals surface area contributed by atoms with Crippen LogP contribution in [0.25, 0.3) is 0 Å². The van der Waals surface area contributed by atoms with Crippen molar-refractivity contribution in [3.8, 4) is 0 Å². The second-order valence-electron chi connectivity index (χ2n) is 4.53. The fourth-order valence-electron chi connectivity index (χ4n) is 1.89. The van der Waals surface area contributed by atoms with E-state index in [0.717, 1.165) is 16.7 Å². The van der Waals surface area contributed by atoms with E-state index in [4.69, 9.17) is 5.73 Å². The van der Waals surface area contributed by atoms with E-state index in [1.807, 2.05) is 56.3 Å². The average molecular weight is 239 g/mol. The Kier molecular flexibility index (Phi) is 3.58. The first-order valence-electron chi connectivity index (χ1n) is 6.03. The van der Waals surface area contributed by atoms with Crippen LogP contribution >= 0.6 is 0 Å². The molecule has 0 saturated carbocycles. The van der Waals surface area contributed by atoms with Crippen molar-refractivity contribution >= 4 is 5.78 Å². The quantitative estimate of drug-likeness (QED) is 0.837. The van der Waals surface area contributed by atoms with E-state index in [9.17, 15) is 4.79 Å². The Balaban J connectivity index is 2.38. The lowest BCUT2D eigenvalue weighted by Gasteiger charge is -2.06. The van der Waals surface area contributed by atoms with Crippen LogP contribution in [0.1, 0.15) is 32.6 Å². The summed E-state index contributed by atoms with van der Waals surface area (Å²) in [5.41, 5.74) is 10.3. The topological polar surface area (TPSA) is 43.1 Å². The molecule has 0 aliphatic carbocycles. The van der Waals surface area contributed by atoms with Gasteiger partial charge < -0.3 is 5.73 Å². The number of carbonyl (C=O) groups excluding carboxylic acids is 1.